The maximum atomic E-state index is 13.6. The highest BCUT2D eigenvalue weighted by atomic mass is 35.5. The highest BCUT2D eigenvalue weighted by molar-refractivity contribution is 7.99. The first-order valence-electron chi connectivity index (χ1n) is 11.8. The second-order valence-corrected chi connectivity index (χ2v) is 11.0. The van der Waals surface area contributed by atoms with Gasteiger partial charge in [0.05, 0.1) is 23.1 Å². The van der Waals surface area contributed by atoms with E-state index in [2.05, 4.69) is 25.5 Å². The first kappa shape index (κ1) is 22.7. The Hall–Kier alpha value is -3.46. The minimum Gasteiger partial charge on any atom is -0.453 e. The van der Waals surface area contributed by atoms with Crippen molar-refractivity contribution in [3.05, 3.63) is 99.0 Å². The zero-order chi connectivity index (χ0) is 25.1. The summed E-state index contributed by atoms with van der Waals surface area (Å²) in [5, 5.41) is 13.3. The lowest BCUT2D eigenvalue weighted by molar-refractivity contribution is -0.116. The van der Waals surface area contributed by atoms with Crippen molar-refractivity contribution >= 4 is 57.6 Å². The number of nitrogens with zero attached hydrogens (tertiary/aromatic N) is 2. The topological polar surface area (TPSA) is 99.6 Å². The molecular weight excluding hydrogens is 529 g/mol. The number of para-hydroxylation sites is 2. The number of H-pyrrole nitrogens is 2. The lowest BCUT2D eigenvalue weighted by Crippen LogP contribution is -2.29. The molecule has 3 N–H and O–H groups in total. The zero-order valence-corrected chi connectivity index (χ0v) is 21.5. The number of benzene rings is 2. The Morgan fingerprint density at radius 3 is 2.78 bits per heavy atom. The van der Waals surface area contributed by atoms with Crippen LogP contribution in [0.2, 0.25) is 10.0 Å². The minimum absolute atomic E-state index is 0.0514. The monoisotopic (exact) mass is 547 g/mol. The van der Waals surface area contributed by atoms with Crippen molar-refractivity contribution in [3.63, 3.8) is 0 Å². The van der Waals surface area contributed by atoms with Gasteiger partial charge in [-0.2, -0.15) is 5.10 Å². The molecule has 2 aliphatic rings. The van der Waals surface area contributed by atoms with Crippen molar-refractivity contribution in [1.29, 1.82) is 0 Å². The predicted molar refractivity (Wildman–Crippen MR) is 143 cm³/mol. The highest BCUT2D eigenvalue weighted by Gasteiger charge is 2.41. The smallest absolute Gasteiger partial charge is 0.174 e. The van der Waals surface area contributed by atoms with E-state index in [0.717, 1.165) is 38.8 Å². The van der Waals surface area contributed by atoms with Crippen molar-refractivity contribution in [3.8, 4) is 0 Å². The molecule has 1 aliphatic carbocycles. The summed E-state index contributed by atoms with van der Waals surface area (Å²) in [6.07, 6.45) is 2.74. The number of fused-ring (bicyclic) bond motifs is 2. The molecule has 4 heterocycles. The van der Waals surface area contributed by atoms with E-state index in [1.807, 2.05) is 48.5 Å². The summed E-state index contributed by atoms with van der Waals surface area (Å²) in [6.45, 7) is 0. The molecule has 3 aromatic heterocycles. The Bertz CT molecular complexity index is 1690. The number of hydrogen-bond acceptors (Lipinski definition) is 6. The number of halogens is 2. The van der Waals surface area contributed by atoms with Crippen molar-refractivity contribution in [2.45, 2.75) is 34.9 Å². The maximum Gasteiger partial charge on any atom is 0.174 e. The van der Waals surface area contributed by atoms with Gasteiger partial charge < -0.3 is 14.7 Å². The summed E-state index contributed by atoms with van der Waals surface area (Å²) in [7, 11) is 0. The molecule has 2 atom stereocenters. The predicted octanol–water partition coefficient (Wildman–Crippen LogP) is 7.30. The second kappa shape index (κ2) is 8.83. The summed E-state index contributed by atoms with van der Waals surface area (Å²) in [5.41, 5.74) is 5.24. The van der Waals surface area contributed by atoms with E-state index in [1.54, 1.807) is 12.3 Å². The summed E-state index contributed by atoms with van der Waals surface area (Å²) < 4.78 is 6.30. The third-order valence-electron chi connectivity index (χ3n) is 6.91. The van der Waals surface area contributed by atoms with Crippen LogP contribution in [0.1, 0.15) is 41.6 Å². The molecule has 0 spiro atoms. The number of hydrogen-bond donors (Lipinski definition) is 3. The van der Waals surface area contributed by atoms with Gasteiger partial charge in [-0.1, -0.05) is 41.4 Å². The van der Waals surface area contributed by atoms with Gasteiger partial charge in [0.1, 0.15) is 11.6 Å². The number of carbonyl (C=O) groups excluding carboxylic acids is 1. The molecule has 1 aliphatic heterocycles. The average Bonchev–Trinajstić information content (AvgIpc) is 3.62. The van der Waals surface area contributed by atoms with Gasteiger partial charge in [0.25, 0.3) is 0 Å². The molecule has 184 valence electrons. The zero-order valence-electron chi connectivity index (χ0n) is 19.2. The lowest BCUT2D eigenvalue weighted by Gasteiger charge is -2.34. The Kier molecular flexibility index (Phi) is 5.42. The van der Waals surface area contributed by atoms with Crippen LogP contribution in [0.3, 0.4) is 0 Å². The largest absolute Gasteiger partial charge is 0.453 e. The van der Waals surface area contributed by atoms with E-state index in [4.69, 9.17) is 27.6 Å². The molecule has 0 fully saturated rings. The standard InChI is InChI=1S/C27H19Cl2N5O2S/c28-14-5-6-15(17(29)11-14)13-9-20-25(21(35)10-13)24(16-12-30-34-26(16)31-20)22-7-8-23(36-22)37-27-32-18-3-1-2-4-19(18)33-27/h1-8,11-13,24H,9-10H2,(H,32,33)(H2,30,31,34). The molecular formula is C27H19Cl2N5O2S. The number of nitrogens with one attached hydrogen (secondary N) is 3. The van der Waals surface area contributed by atoms with Gasteiger partial charge in [0.15, 0.2) is 16.0 Å². The second-order valence-electron chi connectivity index (χ2n) is 9.16. The van der Waals surface area contributed by atoms with E-state index in [1.165, 1.54) is 11.8 Å². The molecule has 5 aromatic rings. The molecule has 10 heteroatoms. The van der Waals surface area contributed by atoms with Crippen LogP contribution in [0.4, 0.5) is 5.82 Å². The first-order chi connectivity index (χ1) is 18.0. The normalized spacial score (nSPS) is 19.1. The number of aromatic amines is 2. The van der Waals surface area contributed by atoms with Crippen LogP contribution >= 0.6 is 35.0 Å². The Morgan fingerprint density at radius 2 is 1.92 bits per heavy atom. The van der Waals surface area contributed by atoms with Crippen molar-refractivity contribution < 1.29 is 9.21 Å². The Labute approximate surface area is 225 Å². The third kappa shape index (κ3) is 3.96. The van der Waals surface area contributed by atoms with Crippen LogP contribution < -0.4 is 5.32 Å². The number of carbonyl (C=O) groups is 1. The molecule has 0 saturated carbocycles. The number of Topliss-reactive ketones (excluding diaryl/α,β-unsaturated/α-hetero) is 1. The molecule has 0 amide bonds. The summed E-state index contributed by atoms with van der Waals surface area (Å²) >= 11 is 14.0. The molecule has 2 aromatic carbocycles. The number of anilines is 1. The third-order valence-corrected chi connectivity index (χ3v) is 8.28. The van der Waals surface area contributed by atoms with E-state index >= 15 is 0 Å². The molecule has 7 rings (SSSR count). The average molecular weight is 548 g/mol. The van der Waals surface area contributed by atoms with Gasteiger partial charge in [0, 0.05) is 33.3 Å². The van der Waals surface area contributed by atoms with Crippen LogP contribution in [-0.2, 0) is 4.79 Å². The Balaban J connectivity index is 1.23. The minimum atomic E-state index is -0.357. The van der Waals surface area contributed by atoms with Gasteiger partial charge in [-0.15, -0.1) is 0 Å². The van der Waals surface area contributed by atoms with Gasteiger partial charge in [-0.25, -0.2) is 4.98 Å². The number of furan rings is 1. The number of allylic oxidation sites excluding steroid dienone is 2. The van der Waals surface area contributed by atoms with E-state index in [9.17, 15) is 4.79 Å². The van der Waals surface area contributed by atoms with Crippen molar-refractivity contribution in [2.75, 3.05) is 5.32 Å². The van der Waals surface area contributed by atoms with E-state index < -0.39 is 0 Å². The summed E-state index contributed by atoms with van der Waals surface area (Å²) in [6, 6.07) is 17.2. The van der Waals surface area contributed by atoms with Gasteiger partial charge in [0.2, 0.25) is 0 Å². The highest BCUT2D eigenvalue weighted by Crippen LogP contribution is 2.49. The fraction of sp³-hybridized carbons (Fsp3) is 0.148. The molecule has 37 heavy (non-hydrogen) atoms. The number of ketones is 1. The Morgan fingerprint density at radius 1 is 1.03 bits per heavy atom. The molecule has 0 bridgehead atoms. The van der Waals surface area contributed by atoms with Crippen molar-refractivity contribution in [2.24, 2.45) is 0 Å². The first-order valence-corrected chi connectivity index (χ1v) is 13.3. The fourth-order valence-electron chi connectivity index (χ4n) is 5.27. The van der Waals surface area contributed by atoms with E-state index in [0.29, 0.717) is 39.3 Å². The SMILES string of the molecule is O=C1CC(c2ccc(Cl)cc2Cl)CC2=C1C(c1ccc(Sc3nc4ccccc4[nH]3)o1)c1cn[nH]c1N2. The maximum absolute atomic E-state index is 13.6. The summed E-state index contributed by atoms with van der Waals surface area (Å²) in [4.78, 5) is 21.6. The molecule has 0 radical (unpaired) electrons. The lowest BCUT2D eigenvalue weighted by atomic mass is 9.74. The van der Waals surface area contributed by atoms with Crippen LogP contribution in [-0.4, -0.2) is 25.9 Å². The molecule has 0 saturated heterocycles. The van der Waals surface area contributed by atoms with Crippen LogP contribution in [0.25, 0.3) is 11.0 Å². The molecule has 2 unspecified atom stereocenters. The number of rotatable bonds is 4. The van der Waals surface area contributed by atoms with Gasteiger partial charge >= 0.3 is 0 Å². The van der Waals surface area contributed by atoms with Crippen molar-refractivity contribution in [1.82, 2.24) is 20.2 Å². The van der Waals surface area contributed by atoms with Crippen LogP contribution in [0, 0.1) is 0 Å². The van der Waals surface area contributed by atoms with Gasteiger partial charge in [-0.3, -0.25) is 9.89 Å². The number of imidazole rings is 1. The summed E-state index contributed by atoms with van der Waals surface area (Å²) in [5.74, 6) is 1.10. The molecule has 7 nitrogen and oxygen atoms in total. The van der Waals surface area contributed by atoms with Crippen LogP contribution in [0.15, 0.2) is 86.7 Å². The van der Waals surface area contributed by atoms with Crippen LogP contribution in [0.5, 0.6) is 0 Å². The van der Waals surface area contributed by atoms with Gasteiger partial charge in [-0.05, 0) is 66.1 Å². The fourth-order valence-corrected chi connectivity index (χ4v) is 6.60. The van der Waals surface area contributed by atoms with E-state index in [-0.39, 0.29) is 17.6 Å². The quantitative estimate of drug-likeness (QED) is 0.218. The number of aromatic nitrogens is 4.